The predicted octanol–water partition coefficient (Wildman–Crippen LogP) is 6.20. The molecule has 2 aliphatic rings. The van der Waals surface area contributed by atoms with E-state index < -0.39 is 11.8 Å². The highest BCUT2D eigenvalue weighted by Crippen LogP contribution is 2.36. The van der Waals surface area contributed by atoms with Crippen molar-refractivity contribution >= 4 is 62.5 Å². The van der Waals surface area contributed by atoms with Crippen molar-refractivity contribution in [3.63, 3.8) is 0 Å². The van der Waals surface area contributed by atoms with Gasteiger partial charge in [-0.2, -0.15) is 0 Å². The number of carbonyl (C=O) groups is 4. The van der Waals surface area contributed by atoms with Crippen LogP contribution in [0.5, 0.6) is 0 Å². The third-order valence-electron chi connectivity index (χ3n) is 10.6. The quantitative estimate of drug-likeness (QED) is 0.0850. The lowest BCUT2D eigenvalue weighted by Crippen LogP contribution is -2.30. The minimum absolute atomic E-state index is 0.00194. The lowest BCUT2D eigenvalue weighted by atomic mass is 9.98. The molecule has 8 aromatic rings. The molecule has 0 radical (unpaired) electrons. The van der Waals surface area contributed by atoms with Crippen molar-refractivity contribution < 1.29 is 19.2 Å². The molecule has 4 amide bonds. The second-order valence-electron chi connectivity index (χ2n) is 14.2. The molecule has 0 unspecified atom stereocenters. The molecule has 6 aromatic carbocycles. The minimum Gasteiger partial charge on any atom is -0.396 e. The summed E-state index contributed by atoms with van der Waals surface area (Å²) in [5.41, 5.74) is 23.6. The lowest BCUT2D eigenvalue weighted by molar-refractivity contribution is 0.0945. The number of primary amides is 1. The van der Waals surface area contributed by atoms with Crippen LogP contribution in [-0.2, 0) is 13.1 Å². The highest BCUT2D eigenvalue weighted by molar-refractivity contribution is 6.12. The number of hydrazine groups is 1. The molecule has 10 rings (SSSR count). The summed E-state index contributed by atoms with van der Waals surface area (Å²) in [6, 6.07) is 43.7. The molecule has 7 N–H and O–H groups in total. The summed E-state index contributed by atoms with van der Waals surface area (Å²) >= 11 is 0. The maximum atomic E-state index is 12.8. The molecular weight excluding hydrogens is 757 g/mol. The third kappa shape index (κ3) is 6.58. The SMILES string of the molecule is NC(=O)c1nnc2c(-c3ccc4c(c3)CN(c3ccccc3)C4=O)cccc2c1N.NNC(=O)c1cc2cccc(-c3ccc4c(c3)CN(c3ccccc3)C4=O)c2nn1. The maximum Gasteiger partial charge on any atom is 0.285 e. The van der Waals surface area contributed by atoms with Gasteiger partial charge in [0.25, 0.3) is 23.6 Å². The number of fused-ring (bicyclic) bond motifs is 4. The van der Waals surface area contributed by atoms with Gasteiger partial charge in [0.15, 0.2) is 11.4 Å². The molecule has 0 bridgehead atoms. The summed E-state index contributed by atoms with van der Waals surface area (Å²) in [6.07, 6.45) is 0. The van der Waals surface area contributed by atoms with Gasteiger partial charge in [-0.3, -0.25) is 24.6 Å². The second-order valence-corrected chi connectivity index (χ2v) is 14.2. The zero-order valence-corrected chi connectivity index (χ0v) is 31.7. The van der Waals surface area contributed by atoms with E-state index in [1.54, 1.807) is 21.9 Å². The van der Waals surface area contributed by atoms with E-state index in [0.717, 1.165) is 50.1 Å². The molecule has 2 aliphatic heterocycles. The molecule has 292 valence electrons. The Labute approximate surface area is 342 Å². The van der Waals surface area contributed by atoms with Crippen LogP contribution in [0.4, 0.5) is 17.1 Å². The van der Waals surface area contributed by atoms with Gasteiger partial charge in [-0.25, -0.2) is 5.84 Å². The van der Waals surface area contributed by atoms with Crippen LogP contribution in [0, 0.1) is 0 Å². The first-order valence-corrected chi connectivity index (χ1v) is 18.8. The van der Waals surface area contributed by atoms with Crippen molar-refractivity contribution in [1.29, 1.82) is 0 Å². The van der Waals surface area contributed by atoms with Crippen LogP contribution >= 0.6 is 0 Å². The number of benzene rings is 6. The van der Waals surface area contributed by atoms with Gasteiger partial charge in [0.1, 0.15) is 11.0 Å². The van der Waals surface area contributed by atoms with Gasteiger partial charge in [-0.1, -0.05) is 84.9 Å². The Balaban J connectivity index is 0.000000154. The number of nitrogens with zero attached hydrogens (tertiary/aromatic N) is 6. The fraction of sp³-hybridized carbons (Fsp3) is 0.0435. The Morgan fingerprint density at radius 2 is 1.10 bits per heavy atom. The zero-order chi connectivity index (χ0) is 41.5. The Morgan fingerprint density at radius 1 is 0.567 bits per heavy atom. The molecule has 0 spiro atoms. The Bertz CT molecular complexity index is 3050. The Hall–Kier alpha value is -8.36. The number of anilines is 3. The number of nitrogen functional groups attached to an aromatic ring is 2. The molecule has 4 heterocycles. The molecule has 0 atom stereocenters. The summed E-state index contributed by atoms with van der Waals surface area (Å²) in [7, 11) is 0. The first-order chi connectivity index (χ1) is 29.2. The first-order valence-electron chi connectivity index (χ1n) is 18.8. The van der Waals surface area contributed by atoms with Crippen molar-refractivity contribution in [2.45, 2.75) is 13.1 Å². The lowest BCUT2D eigenvalue weighted by Gasteiger charge is -2.15. The fourth-order valence-electron chi connectivity index (χ4n) is 7.66. The van der Waals surface area contributed by atoms with Crippen LogP contribution in [0.2, 0.25) is 0 Å². The largest absolute Gasteiger partial charge is 0.396 e. The normalized spacial score (nSPS) is 12.9. The molecule has 0 fully saturated rings. The van der Waals surface area contributed by atoms with Gasteiger partial charge >= 0.3 is 0 Å². The number of carbonyl (C=O) groups excluding carboxylic acids is 4. The number of nitrogens with two attached hydrogens (primary N) is 3. The zero-order valence-electron chi connectivity index (χ0n) is 31.7. The summed E-state index contributed by atoms with van der Waals surface area (Å²) in [6.45, 7) is 1.01. The van der Waals surface area contributed by atoms with E-state index in [9.17, 15) is 19.2 Å². The van der Waals surface area contributed by atoms with Gasteiger partial charge in [0.2, 0.25) is 0 Å². The number of rotatable bonds is 6. The van der Waals surface area contributed by atoms with Crippen LogP contribution in [-0.4, -0.2) is 44.0 Å². The molecule has 0 saturated heterocycles. The van der Waals surface area contributed by atoms with Crippen LogP contribution in [0.1, 0.15) is 52.8 Å². The van der Waals surface area contributed by atoms with Crippen LogP contribution in [0.15, 0.2) is 140 Å². The van der Waals surface area contributed by atoms with Crippen molar-refractivity contribution in [2.24, 2.45) is 11.6 Å². The van der Waals surface area contributed by atoms with Crippen molar-refractivity contribution in [1.82, 2.24) is 25.8 Å². The standard InChI is InChI=1S/2C23H17N5O2/c24-25-22(29)20-12-15-5-4-8-18(21(15)27-26-20)14-9-10-19-16(11-14)13-28(23(19)30)17-6-2-1-3-7-17;24-19-18-8-4-7-16(20(18)26-27-21(19)22(25)29)13-9-10-17-14(11-13)12-28(23(17)30)15-5-2-1-3-6-15/h1-12H,13,24H2,(H,25,29);1-11H,12H2,(H2,24,26)(H2,25,29). The van der Waals surface area contributed by atoms with E-state index >= 15 is 0 Å². The monoisotopic (exact) mass is 790 g/mol. The number of para-hydroxylation sites is 2. The molecule has 14 heteroatoms. The number of nitrogens with one attached hydrogen (secondary N) is 1. The molecular formula is C46H34N10O4. The topological polar surface area (TPSA) is 216 Å². The molecule has 60 heavy (non-hydrogen) atoms. The van der Waals surface area contributed by atoms with E-state index in [1.165, 1.54) is 0 Å². The van der Waals surface area contributed by atoms with E-state index in [4.69, 9.17) is 17.3 Å². The second kappa shape index (κ2) is 15.2. The fourth-order valence-corrected chi connectivity index (χ4v) is 7.66. The van der Waals surface area contributed by atoms with Crippen LogP contribution in [0.3, 0.4) is 0 Å². The Kier molecular flexibility index (Phi) is 9.42. The summed E-state index contributed by atoms with van der Waals surface area (Å²) in [5, 5.41) is 17.8. The number of hydrogen-bond acceptors (Lipinski definition) is 10. The van der Waals surface area contributed by atoms with Gasteiger partial charge in [0.05, 0.1) is 18.8 Å². The minimum atomic E-state index is -0.718. The van der Waals surface area contributed by atoms with E-state index in [-0.39, 0.29) is 28.9 Å². The molecule has 0 saturated carbocycles. The van der Waals surface area contributed by atoms with Crippen molar-refractivity contribution in [3.8, 4) is 22.3 Å². The van der Waals surface area contributed by atoms with Crippen molar-refractivity contribution in [2.75, 3.05) is 15.5 Å². The maximum absolute atomic E-state index is 12.8. The average molecular weight is 791 g/mol. The number of amides is 4. The van der Waals surface area contributed by atoms with E-state index in [1.807, 2.05) is 127 Å². The highest BCUT2D eigenvalue weighted by atomic mass is 16.2. The molecule has 0 aliphatic carbocycles. The van der Waals surface area contributed by atoms with Crippen molar-refractivity contribution in [3.05, 3.63) is 173 Å². The summed E-state index contributed by atoms with van der Waals surface area (Å²) in [5.74, 6) is 3.96. The van der Waals surface area contributed by atoms with Gasteiger partial charge < -0.3 is 21.3 Å². The average Bonchev–Trinajstić information content (AvgIpc) is 3.81. The number of aromatic nitrogens is 4. The van der Waals surface area contributed by atoms with Crippen LogP contribution in [0.25, 0.3) is 44.1 Å². The summed E-state index contributed by atoms with van der Waals surface area (Å²) < 4.78 is 0. The first kappa shape index (κ1) is 37.2. The number of hydrogen-bond donors (Lipinski definition) is 4. The van der Waals surface area contributed by atoms with Gasteiger partial charge in [0, 0.05) is 44.4 Å². The third-order valence-corrected chi connectivity index (χ3v) is 10.6. The Morgan fingerprint density at radius 3 is 1.65 bits per heavy atom. The smallest absolute Gasteiger partial charge is 0.285 e. The van der Waals surface area contributed by atoms with E-state index in [2.05, 4.69) is 25.8 Å². The predicted molar refractivity (Wildman–Crippen MR) is 228 cm³/mol. The summed E-state index contributed by atoms with van der Waals surface area (Å²) in [4.78, 5) is 52.5. The highest BCUT2D eigenvalue weighted by Gasteiger charge is 2.30. The molecule has 14 nitrogen and oxygen atoms in total. The van der Waals surface area contributed by atoms with Gasteiger partial charge in [-0.05, 0) is 76.9 Å². The van der Waals surface area contributed by atoms with Crippen LogP contribution < -0.4 is 32.5 Å². The van der Waals surface area contributed by atoms with E-state index in [0.29, 0.717) is 40.6 Å². The molecule has 2 aromatic heterocycles. The van der Waals surface area contributed by atoms with Gasteiger partial charge in [-0.15, -0.1) is 20.4 Å².